The van der Waals surface area contributed by atoms with Crippen molar-refractivity contribution < 1.29 is 56.3 Å². The molecule has 1 aliphatic rings. The minimum absolute atomic E-state index is 0.0592. The number of ether oxygens (including phenoxy) is 1. The molecule has 22 heteroatoms. The van der Waals surface area contributed by atoms with Gasteiger partial charge >= 0.3 is 23.5 Å². The largest absolute Gasteiger partial charge is 0.490 e. The topological polar surface area (TPSA) is 305 Å². The summed E-state index contributed by atoms with van der Waals surface area (Å²) in [6.45, 7) is -0.888. The average Bonchev–Trinajstić information content (AvgIpc) is 3.12. The minimum Gasteiger partial charge on any atom is -0.387 e. The predicted octanol–water partition coefficient (Wildman–Crippen LogP) is -2.37. The fourth-order valence-corrected chi connectivity index (χ4v) is 5.77. The average molecular weight is 522 g/mol. The van der Waals surface area contributed by atoms with Gasteiger partial charge in [-0.15, -0.1) is 0 Å². The normalized spacial score (nSPS) is 27.9. The van der Waals surface area contributed by atoms with Crippen LogP contribution in [0.1, 0.15) is 6.23 Å². The molecule has 10 N–H and O–H groups in total. The van der Waals surface area contributed by atoms with Crippen molar-refractivity contribution in [3.8, 4) is 0 Å². The SMILES string of the molecule is Nc1nc2c(ncn2C2OC(COP(=O)(O)OP(=O)(O)OP(=O)(O)O)C(N)C2O)c(=O)[nH]1. The van der Waals surface area contributed by atoms with E-state index in [9.17, 15) is 28.5 Å². The lowest BCUT2D eigenvalue weighted by atomic mass is 10.1. The molecule has 0 spiro atoms. The van der Waals surface area contributed by atoms with Gasteiger partial charge < -0.3 is 40.9 Å². The predicted molar refractivity (Wildman–Crippen MR) is 100 cm³/mol. The van der Waals surface area contributed by atoms with Gasteiger partial charge in [0.25, 0.3) is 5.56 Å². The first-order valence-corrected chi connectivity index (χ1v) is 12.7. The van der Waals surface area contributed by atoms with Gasteiger partial charge in [0.15, 0.2) is 17.4 Å². The van der Waals surface area contributed by atoms with Gasteiger partial charge in [-0.05, 0) is 0 Å². The van der Waals surface area contributed by atoms with Gasteiger partial charge in [0.05, 0.1) is 19.0 Å². The number of nitrogen functional groups attached to an aromatic ring is 1. The van der Waals surface area contributed by atoms with Crippen molar-refractivity contribution in [1.29, 1.82) is 0 Å². The van der Waals surface area contributed by atoms with E-state index in [0.717, 1.165) is 10.9 Å². The summed E-state index contributed by atoms with van der Waals surface area (Å²) in [5.74, 6) is -0.245. The Kier molecular flexibility index (Phi) is 6.78. The Bertz CT molecular complexity index is 1210. The van der Waals surface area contributed by atoms with Crippen molar-refractivity contribution >= 4 is 40.6 Å². The number of nitrogens with one attached hydrogen (secondary N) is 1. The standard InChI is InChI=1S/C10H17N6O13P3/c11-4-3(1-26-31(22,23)29-32(24,25)28-30(19,20)21)27-9(6(4)17)16-2-13-5-7(16)14-10(12)15-8(5)18/h2-4,6,9,17H,1,11H2,(H,22,23)(H,24,25)(H2,19,20,21)(H3,12,14,15,18). The lowest BCUT2D eigenvalue weighted by Gasteiger charge is -2.19. The van der Waals surface area contributed by atoms with Crippen molar-refractivity contribution in [2.45, 2.75) is 24.5 Å². The van der Waals surface area contributed by atoms with Crippen molar-refractivity contribution in [3.05, 3.63) is 16.7 Å². The Morgan fingerprint density at radius 1 is 1.19 bits per heavy atom. The molecule has 3 heterocycles. The van der Waals surface area contributed by atoms with Crippen LogP contribution >= 0.6 is 23.5 Å². The molecular formula is C10H17N6O13P3. The third-order valence-electron chi connectivity index (χ3n) is 3.97. The number of hydrogen-bond acceptors (Lipinski definition) is 13. The van der Waals surface area contributed by atoms with Crippen LogP contribution < -0.4 is 17.0 Å². The molecule has 32 heavy (non-hydrogen) atoms. The highest BCUT2D eigenvalue weighted by atomic mass is 31.3. The maximum absolute atomic E-state index is 11.9. The number of aliphatic hydroxyl groups excluding tert-OH is 1. The Labute approximate surface area is 176 Å². The third-order valence-corrected chi connectivity index (χ3v) is 7.78. The third kappa shape index (κ3) is 5.67. The van der Waals surface area contributed by atoms with E-state index in [4.69, 9.17) is 30.9 Å². The van der Waals surface area contributed by atoms with Crippen molar-refractivity contribution in [2.75, 3.05) is 12.3 Å². The second kappa shape index (κ2) is 8.66. The number of aromatic amines is 1. The number of phosphoric acid groups is 3. The zero-order valence-corrected chi connectivity index (χ0v) is 18.1. The second-order valence-corrected chi connectivity index (χ2v) is 10.7. The van der Waals surface area contributed by atoms with E-state index in [1.807, 2.05) is 0 Å². The van der Waals surface area contributed by atoms with Crippen LogP contribution in [0, 0.1) is 0 Å². The van der Waals surface area contributed by atoms with Gasteiger partial charge in [0.2, 0.25) is 5.95 Å². The number of anilines is 1. The molecule has 2 aromatic heterocycles. The molecular weight excluding hydrogens is 505 g/mol. The van der Waals surface area contributed by atoms with E-state index in [2.05, 4.69) is 28.1 Å². The summed E-state index contributed by atoms with van der Waals surface area (Å²) in [5.41, 5.74) is 10.5. The number of fused-ring (bicyclic) bond motifs is 1. The number of hydrogen-bond donors (Lipinski definition) is 8. The molecule has 0 saturated carbocycles. The first-order valence-electron chi connectivity index (χ1n) is 8.18. The van der Waals surface area contributed by atoms with Crippen molar-refractivity contribution in [1.82, 2.24) is 19.5 Å². The molecule has 1 aliphatic heterocycles. The zero-order valence-electron chi connectivity index (χ0n) is 15.4. The van der Waals surface area contributed by atoms with Gasteiger partial charge in [0.1, 0.15) is 12.2 Å². The van der Waals surface area contributed by atoms with Crippen molar-refractivity contribution in [3.63, 3.8) is 0 Å². The summed E-state index contributed by atoms with van der Waals surface area (Å²) >= 11 is 0. The first-order chi connectivity index (χ1) is 14.6. The highest BCUT2D eigenvalue weighted by Gasteiger charge is 2.46. The van der Waals surface area contributed by atoms with Crippen LogP contribution in [-0.4, -0.2) is 69.1 Å². The molecule has 6 unspecified atom stereocenters. The molecule has 180 valence electrons. The Balaban J connectivity index is 1.72. The highest BCUT2D eigenvalue weighted by molar-refractivity contribution is 7.66. The zero-order chi connectivity index (χ0) is 24.1. The van der Waals surface area contributed by atoms with Crippen LogP contribution in [-0.2, 0) is 31.6 Å². The van der Waals surface area contributed by atoms with Crippen LogP contribution in [0.4, 0.5) is 5.95 Å². The molecule has 0 aromatic carbocycles. The molecule has 19 nitrogen and oxygen atoms in total. The fourth-order valence-electron chi connectivity index (χ4n) is 2.74. The Hall–Kier alpha value is -1.56. The van der Waals surface area contributed by atoms with Gasteiger partial charge in [0, 0.05) is 0 Å². The number of H-pyrrole nitrogens is 1. The van der Waals surface area contributed by atoms with Crippen LogP contribution in [0.15, 0.2) is 11.1 Å². The van der Waals surface area contributed by atoms with Crippen LogP contribution in [0.25, 0.3) is 11.2 Å². The number of aromatic nitrogens is 4. The second-order valence-electron chi connectivity index (χ2n) is 6.30. The van der Waals surface area contributed by atoms with Crippen LogP contribution in [0.5, 0.6) is 0 Å². The summed E-state index contributed by atoms with van der Waals surface area (Å²) in [6, 6.07) is -1.25. The van der Waals surface area contributed by atoms with E-state index >= 15 is 0 Å². The summed E-state index contributed by atoms with van der Waals surface area (Å²) < 4.78 is 52.1. The van der Waals surface area contributed by atoms with Gasteiger partial charge in [-0.1, -0.05) is 0 Å². The highest BCUT2D eigenvalue weighted by Crippen LogP contribution is 2.66. The number of rotatable bonds is 8. The number of nitrogens with zero attached hydrogens (tertiary/aromatic N) is 3. The lowest BCUT2D eigenvalue weighted by molar-refractivity contribution is -0.0482. The number of phosphoric ester groups is 1. The number of imidazole rings is 1. The lowest BCUT2D eigenvalue weighted by Crippen LogP contribution is -2.41. The molecule has 0 amide bonds. The maximum atomic E-state index is 11.9. The van der Waals surface area contributed by atoms with Gasteiger partial charge in [-0.2, -0.15) is 13.6 Å². The molecule has 3 rings (SSSR count). The fraction of sp³-hybridized carbons (Fsp3) is 0.500. The first kappa shape index (κ1) is 25.1. The van der Waals surface area contributed by atoms with Crippen LogP contribution in [0.2, 0.25) is 0 Å². The monoisotopic (exact) mass is 522 g/mol. The van der Waals surface area contributed by atoms with E-state index in [-0.39, 0.29) is 17.1 Å². The summed E-state index contributed by atoms with van der Waals surface area (Å²) in [5, 5.41) is 10.4. The van der Waals surface area contributed by atoms with Crippen molar-refractivity contribution in [2.24, 2.45) is 5.73 Å². The molecule has 1 saturated heterocycles. The van der Waals surface area contributed by atoms with Gasteiger partial charge in [-0.3, -0.25) is 18.9 Å². The molecule has 0 aliphatic carbocycles. The number of nitrogens with two attached hydrogens (primary N) is 2. The molecule has 6 atom stereocenters. The maximum Gasteiger partial charge on any atom is 0.490 e. The van der Waals surface area contributed by atoms with E-state index in [1.165, 1.54) is 0 Å². The van der Waals surface area contributed by atoms with E-state index < -0.39 is 60.1 Å². The Morgan fingerprint density at radius 2 is 1.84 bits per heavy atom. The van der Waals surface area contributed by atoms with E-state index in [0.29, 0.717) is 0 Å². The molecule has 2 aromatic rings. The summed E-state index contributed by atoms with van der Waals surface area (Å²) in [7, 11) is -16.7. The van der Waals surface area contributed by atoms with Crippen LogP contribution in [0.3, 0.4) is 0 Å². The number of aliphatic hydroxyl groups is 1. The summed E-state index contributed by atoms with van der Waals surface area (Å²) in [4.78, 5) is 57.5. The quantitative estimate of drug-likeness (QED) is 0.168. The minimum atomic E-state index is -5.70. The van der Waals surface area contributed by atoms with E-state index in [1.54, 1.807) is 0 Å². The summed E-state index contributed by atoms with van der Waals surface area (Å²) in [6.07, 6.45) is -2.96. The molecule has 0 radical (unpaired) electrons. The Morgan fingerprint density at radius 3 is 2.47 bits per heavy atom. The smallest absolute Gasteiger partial charge is 0.387 e. The van der Waals surface area contributed by atoms with Gasteiger partial charge in [-0.25, -0.2) is 18.7 Å². The molecule has 0 bridgehead atoms. The molecule has 1 fully saturated rings.